The molecule has 1 saturated heterocycles. The highest BCUT2D eigenvalue weighted by Gasteiger charge is 2.17. The Labute approximate surface area is 120 Å². The van der Waals surface area contributed by atoms with E-state index in [1.54, 1.807) is 6.20 Å². The Morgan fingerprint density at radius 1 is 1.53 bits per heavy atom. The molecule has 0 saturated carbocycles. The zero-order chi connectivity index (χ0) is 13.7. The lowest BCUT2D eigenvalue weighted by Crippen LogP contribution is -2.33. The second-order valence-corrected chi connectivity index (χ2v) is 5.44. The topological polar surface area (TPSA) is 37.4 Å². The predicted octanol–water partition coefficient (Wildman–Crippen LogP) is 2.46. The van der Waals surface area contributed by atoms with Crippen LogP contribution in [0.5, 0.6) is 0 Å². The van der Waals surface area contributed by atoms with E-state index in [-0.39, 0.29) is 0 Å². The van der Waals surface area contributed by atoms with Crippen LogP contribution in [0.15, 0.2) is 12.3 Å². The van der Waals surface area contributed by atoms with Gasteiger partial charge in [0.05, 0.1) is 11.1 Å². The lowest BCUT2D eigenvalue weighted by atomic mass is 10.1. The lowest BCUT2D eigenvalue weighted by Gasteiger charge is -2.28. The van der Waals surface area contributed by atoms with Gasteiger partial charge in [-0.25, -0.2) is 4.98 Å². The van der Waals surface area contributed by atoms with Crippen LogP contribution in [-0.4, -0.2) is 38.3 Å². The number of aromatic nitrogens is 1. The first-order chi connectivity index (χ1) is 9.20. The van der Waals surface area contributed by atoms with Crippen molar-refractivity contribution in [3.8, 4) is 0 Å². The van der Waals surface area contributed by atoms with Crippen LogP contribution in [0.1, 0.15) is 24.8 Å². The van der Waals surface area contributed by atoms with E-state index in [4.69, 9.17) is 16.3 Å². The molecule has 2 heterocycles. The summed E-state index contributed by atoms with van der Waals surface area (Å²) in [6.45, 7) is 2.52. The van der Waals surface area contributed by atoms with Crippen molar-refractivity contribution in [2.24, 2.45) is 0 Å². The van der Waals surface area contributed by atoms with Crippen LogP contribution in [0.3, 0.4) is 0 Å². The molecular formula is C14H22ClN3O. The smallest absolute Gasteiger partial charge is 0.128 e. The fraction of sp³-hybridized carbons (Fsp3) is 0.643. The average Bonchev–Trinajstić information content (AvgIpc) is 2.42. The molecule has 1 atom stereocenters. The Morgan fingerprint density at radius 2 is 2.37 bits per heavy atom. The maximum absolute atomic E-state index is 6.13. The molecule has 1 aromatic rings. The molecule has 1 aliphatic heterocycles. The molecule has 0 aromatic carbocycles. The molecule has 19 heavy (non-hydrogen) atoms. The summed E-state index contributed by atoms with van der Waals surface area (Å²) < 4.78 is 5.76. The van der Waals surface area contributed by atoms with Crippen LogP contribution >= 0.6 is 11.6 Å². The number of hydrogen-bond donors (Lipinski definition) is 1. The summed E-state index contributed by atoms with van der Waals surface area (Å²) in [7, 11) is 3.97. The maximum Gasteiger partial charge on any atom is 0.128 e. The molecule has 0 radical (unpaired) electrons. The van der Waals surface area contributed by atoms with Crippen molar-refractivity contribution in [1.82, 2.24) is 10.3 Å². The van der Waals surface area contributed by atoms with E-state index in [1.165, 1.54) is 12.8 Å². The SMILES string of the molecule is CNCc1cc(N(C)CC2CCCCO2)ncc1Cl. The van der Waals surface area contributed by atoms with Crippen LogP contribution in [0.2, 0.25) is 5.02 Å². The molecule has 5 heteroatoms. The van der Waals surface area contributed by atoms with E-state index in [9.17, 15) is 0 Å². The Bertz CT molecular complexity index is 408. The Balaban J connectivity index is 2.01. The summed E-state index contributed by atoms with van der Waals surface area (Å²) in [5.74, 6) is 0.948. The van der Waals surface area contributed by atoms with Crippen molar-refractivity contribution < 1.29 is 4.74 Å². The number of nitrogens with zero attached hydrogens (tertiary/aromatic N) is 2. The fourth-order valence-corrected chi connectivity index (χ4v) is 2.52. The number of nitrogens with one attached hydrogen (secondary N) is 1. The zero-order valence-electron chi connectivity index (χ0n) is 11.7. The monoisotopic (exact) mass is 283 g/mol. The van der Waals surface area contributed by atoms with E-state index in [1.807, 2.05) is 13.1 Å². The van der Waals surface area contributed by atoms with E-state index in [2.05, 4.69) is 22.2 Å². The highest BCUT2D eigenvalue weighted by molar-refractivity contribution is 6.31. The quantitative estimate of drug-likeness (QED) is 0.901. The minimum atomic E-state index is 0.323. The van der Waals surface area contributed by atoms with Gasteiger partial charge in [0.1, 0.15) is 5.82 Å². The molecule has 106 valence electrons. The van der Waals surface area contributed by atoms with Crippen LogP contribution in [0.25, 0.3) is 0 Å². The molecule has 0 amide bonds. The number of likely N-dealkylation sites (N-methyl/N-ethyl adjacent to an activating group) is 1. The second-order valence-electron chi connectivity index (χ2n) is 5.03. The molecule has 1 aromatic heterocycles. The molecule has 1 aliphatic rings. The summed E-state index contributed by atoms with van der Waals surface area (Å²) in [6.07, 6.45) is 5.64. The van der Waals surface area contributed by atoms with E-state index in [0.717, 1.165) is 37.5 Å². The van der Waals surface area contributed by atoms with Crippen LogP contribution in [0.4, 0.5) is 5.82 Å². The normalized spacial score (nSPS) is 19.4. The van der Waals surface area contributed by atoms with Crippen LogP contribution in [-0.2, 0) is 11.3 Å². The summed E-state index contributed by atoms with van der Waals surface area (Å²) >= 11 is 6.13. The minimum Gasteiger partial charge on any atom is -0.376 e. The molecule has 1 fully saturated rings. The van der Waals surface area contributed by atoms with Gasteiger partial charge in [0, 0.05) is 32.9 Å². The average molecular weight is 284 g/mol. The third-order valence-corrected chi connectivity index (χ3v) is 3.77. The molecule has 0 spiro atoms. The number of pyridine rings is 1. The highest BCUT2D eigenvalue weighted by Crippen LogP contribution is 2.21. The molecule has 2 rings (SSSR count). The molecule has 1 unspecified atom stereocenters. The summed E-state index contributed by atoms with van der Waals surface area (Å²) in [5.41, 5.74) is 1.07. The molecule has 0 bridgehead atoms. The van der Waals surface area contributed by atoms with Gasteiger partial charge in [-0.1, -0.05) is 11.6 Å². The van der Waals surface area contributed by atoms with Gasteiger partial charge < -0.3 is 15.0 Å². The Kier molecular flexibility index (Phi) is 5.43. The number of halogens is 1. The number of anilines is 1. The first-order valence-electron chi connectivity index (χ1n) is 6.82. The third-order valence-electron chi connectivity index (χ3n) is 3.43. The standard InChI is InChI=1S/C14H22ClN3O/c1-16-8-11-7-14(17-9-13(11)15)18(2)10-12-5-3-4-6-19-12/h7,9,12,16H,3-6,8,10H2,1-2H3. The molecule has 4 nitrogen and oxygen atoms in total. The van der Waals surface area contributed by atoms with Gasteiger partial charge in [-0.05, 0) is 37.9 Å². The first-order valence-corrected chi connectivity index (χ1v) is 7.20. The van der Waals surface area contributed by atoms with Gasteiger partial charge in [-0.3, -0.25) is 0 Å². The van der Waals surface area contributed by atoms with Crippen molar-refractivity contribution in [3.05, 3.63) is 22.8 Å². The van der Waals surface area contributed by atoms with Gasteiger partial charge in [-0.2, -0.15) is 0 Å². The van der Waals surface area contributed by atoms with Crippen LogP contribution in [0, 0.1) is 0 Å². The molecule has 1 N–H and O–H groups in total. The largest absolute Gasteiger partial charge is 0.376 e. The second kappa shape index (κ2) is 7.08. The maximum atomic E-state index is 6.13. The lowest BCUT2D eigenvalue weighted by molar-refractivity contribution is 0.0215. The molecule has 0 aliphatic carbocycles. The van der Waals surface area contributed by atoms with Gasteiger partial charge in [-0.15, -0.1) is 0 Å². The summed E-state index contributed by atoms with van der Waals surface area (Å²) in [4.78, 5) is 6.54. The Hall–Kier alpha value is -0.840. The predicted molar refractivity (Wildman–Crippen MR) is 78.9 cm³/mol. The van der Waals surface area contributed by atoms with Crippen molar-refractivity contribution in [2.45, 2.75) is 31.9 Å². The van der Waals surface area contributed by atoms with Crippen molar-refractivity contribution >= 4 is 17.4 Å². The number of hydrogen-bond acceptors (Lipinski definition) is 4. The Morgan fingerprint density at radius 3 is 3.05 bits per heavy atom. The summed E-state index contributed by atoms with van der Waals surface area (Å²) in [5, 5.41) is 3.83. The third kappa shape index (κ3) is 4.06. The van der Waals surface area contributed by atoms with Gasteiger partial charge in [0.2, 0.25) is 0 Å². The van der Waals surface area contributed by atoms with E-state index in [0.29, 0.717) is 11.1 Å². The summed E-state index contributed by atoms with van der Waals surface area (Å²) in [6, 6.07) is 2.04. The van der Waals surface area contributed by atoms with Crippen molar-refractivity contribution in [2.75, 3.05) is 32.1 Å². The van der Waals surface area contributed by atoms with Crippen LogP contribution < -0.4 is 10.2 Å². The van der Waals surface area contributed by atoms with Gasteiger partial charge in [0.15, 0.2) is 0 Å². The number of ether oxygens (including phenoxy) is 1. The van der Waals surface area contributed by atoms with Crippen molar-refractivity contribution in [3.63, 3.8) is 0 Å². The van der Waals surface area contributed by atoms with E-state index < -0.39 is 0 Å². The van der Waals surface area contributed by atoms with Gasteiger partial charge in [0.25, 0.3) is 0 Å². The first kappa shape index (κ1) is 14.6. The highest BCUT2D eigenvalue weighted by atomic mass is 35.5. The zero-order valence-corrected chi connectivity index (χ0v) is 12.4. The van der Waals surface area contributed by atoms with E-state index >= 15 is 0 Å². The molecular weight excluding hydrogens is 262 g/mol. The fourth-order valence-electron chi connectivity index (χ4n) is 2.35. The number of rotatable bonds is 5. The minimum absolute atomic E-state index is 0.323. The van der Waals surface area contributed by atoms with Crippen molar-refractivity contribution in [1.29, 1.82) is 0 Å². The van der Waals surface area contributed by atoms with Gasteiger partial charge >= 0.3 is 0 Å².